The summed E-state index contributed by atoms with van der Waals surface area (Å²) >= 11 is 0. The van der Waals surface area contributed by atoms with Crippen molar-refractivity contribution in [3.8, 4) is 0 Å². The van der Waals surface area contributed by atoms with Crippen LogP contribution in [0.5, 0.6) is 0 Å². The Labute approximate surface area is 125 Å². The van der Waals surface area contributed by atoms with Crippen molar-refractivity contribution in [3.63, 3.8) is 0 Å². The van der Waals surface area contributed by atoms with Crippen molar-refractivity contribution < 1.29 is 4.74 Å². The predicted molar refractivity (Wildman–Crippen MR) is 85.1 cm³/mol. The third-order valence-corrected chi connectivity index (χ3v) is 5.60. The summed E-state index contributed by atoms with van der Waals surface area (Å²) in [6, 6.07) is 1.41. The molecule has 1 aliphatic heterocycles. The van der Waals surface area contributed by atoms with Gasteiger partial charge in [0.25, 0.3) is 0 Å². The molecule has 0 aromatic carbocycles. The lowest BCUT2D eigenvalue weighted by Crippen LogP contribution is -2.61. The summed E-state index contributed by atoms with van der Waals surface area (Å²) in [7, 11) is 1.82. The number of hydrogen-bond donors (Lipinski definition) is 1. The molecule has 1 saturated carbocycles. The number of nitrogens with one attached hydrogen (secondary N) is 1. The van der Waals surface area contributed by atoms with Crippen LogP contribution in [0.25, 0.3) is 0 Å². The van der Waals surface area contributed by atoms with Crippen LogP contribution in [0.1, 0.15) is 52.4 Å². The van der Waals surface area contributed by atoms with Gasteiger partial charge in [-0.1, -0.05) is 39.5 Å². The molecule has 1 heterocycles. The largest absolute Gasteiger partial charge is 0.383 e. The first-order valence-electron chi connectivity index (χ1n) is 8.72. The number of methoxy groups -OCH3 is 1. The molecule has 0 radical (unpaired) electrons. The molecule has 2 fully saturated rings. The van der Waals surface area contributed by atoms with E-state index >= 15 is 0 Å². The maximum Gasteiger partial charge on any atom is 0.0589 e. The molecule has 1 saturated heterocycles. The Morgan fingerprint density at radius 1 is 1.25 bits per heavy atom. The van der Waals surface area contributed by atoms with Gasteiger partial charge in [0.15, 0.2) is 0 Å². The second-order valence-electron chi connectivity index (χ2n) is 6.85. The molecule has 118 valence electrons. The van der Waals surface area contributed by atoms with Crippen molar-refractivity contribution in [2.75, 3.05) is 33.4 Å². The molecular formula is C17H34N2O. The topological polar surface area (TPSA) is 24.5 Å². The van der Waals surface area contributed by atoms with Gasteiger partial charge in [-0.25, -0.2) is 0 Å². The van der Waals surface area contributed by atoms with E-state index in [2.05, 4.69) is 24.1 Å². The van der Waals surface area contributed by atoms with E-state index in [1.165, 1.54) is 51.6 Å². The van der Waals surface area contributed by atoms with E-state index < -0.39 is 0 Å². The average Bonchev–Trinajstić information content (AvgIpc) is 2.52. The monoisotopic (exact) mass is 282 g/mol. The molecule has 0 amide bonds. The van der Waals surface area contributed by atoms with Crippen LogP contribution in [0.15, 0.2) is 0 Å². The molecule has 2 rings (SSSR count). The Hall–Kier alpha value is -0.120. The van der Waals surface area contributed by atoms with Gasteiger partial charge in [0.2, 0.25) is 0 Å². The van der Waals surface area contributed by atoms with Crippen LogP contribution >= 0.6 is 0 Å². The van der Waals surface area contributed by atoms with Crippen molar-refractivity contribution >= 4 is 0 Å². The minimum atomic E-state index is 0.664. The van der Waals surface area contributed by atoms with Crippen LogP contribution in [0, 0.1) is 11.8 Å². The SMILES string of the molecule is CCC(C)C1CN(CCOC)C(C2CCCCC2)CN1. The molecule has 3 atom stereocenters. The number of piperazine rings is 1. The number of rotatable bonds is 6. The summed E-state index contributed by atoms with van der Waals surface area (Å²) in [6.45, 7) is 9.05. The highest BCUT2D eigenvalue weighted by atomic mass is 16.5. The fourth-order valence-electron chi connectivity index (χ4n) is 3.97. The van der Waals surface area contributed by atoms with Gasteiger partial charge in [0.05, 0.1) is 6.61 Å². The first-order chi connectivity index (χ1) is 9.76. The Balaban J connectivity index is 1.95. The molecule has 0 spiro atoms. The van der Waals surface area contributed by atoms with Gasteiger partial charge in [-0.05, 0) is 24.7 Å². The molecule has 1 aliphatic carbocycles. The summed E-state index contributed by atoms with van der Waals surface area (Å²) in [5.74, 6) is 1.68. The fraction of sp³-hybridized carbons (Fsp3) is 1.00. The smallest absolute Gasteiger partial charge is 0.0589 e. The maximum absolute atomic E-state index is 5.34. The molecular weight excluding hydrogens is 248 g/mol. The lowest BCUT2D eigenvalue weighted by Gasteiger charge is -2.46. The van der Waals surface area contributed by atoms with Crippen molar-refractivity contribution in [1.82, 2.24) is 10.2 Å². The number of hydrogen-bond acceptors (Lipinski definition) is 3. The molecule has 2 aliphatic rings. The Kier molecular flexibility index (Phi) is 6.79. The molecule has 20 heavy (non-hydrogen) atoms. The van der Waals surface area contributed by atoms with E-state index in [-0.39, 0.29) is 0 Å². The van der Waals surface area contributed by atoms with Gasteiger partial charge in [0.1, 0.15) is 0 Å². The minimum absolute atomic E-state index is 0.664. The van der Waals surface area contributed by atoms with Crippen LogP contribution in [-0.4, -0.2) is 50.3 Å². The van der Waals surface area contributed by atoms with Crippen molar-refractivity contribution in [3.05, 3.63) is 0 Å². The highest BCUT2D eigenvalue weighted by molar-refractivity contribution is 4.92. The van der Waals surface area contributed by atoms with Gasteiger partial charge in [0, 0.05) is 38.8 Å². The summed E-state index contributed by atoms with van der Waals surface area (Å²) < 4.78 is 5.34. The zero-order valence-corrected chi connectivity index (χ0v) is 13.7. The van der Waals surface area contributed by atoms with E-state index in [9.17, 15) is 0 Å². The average molecular weight is 282 g/mol. The Morgan fingerprint density at radius 2 is 2.00 bits per heavy atom. The van der Waals surface area contributed by atoms with Crippen LogP contribution in [0.4, 0.5) is 0 Å². The normalized spacial score (nSPS) is 31.4. The second kappa shape index (κ2) is 8.35. The van der Waals surface area contributed by atoms with Crippen molar-refractivity contribution in [2.45, 2.75) is 64.5 Å². The quantitative estimate of drug-likeness (QED) is 0.811. The summed E-state index contributed by atoms with van der Waals surface area (Å²) in [5.41, 5.74) is 0. The van der Waals surface area contributed by atoms with Gasteiger partial charge in [-0.15, -0.1) is 0 Å². The van der Waals surface area contributed by atoms with Crippen LogP contribution in [0.3, 0.4) is 0 Å². The standard InChI is InChI=1S/C17H34N2O/c1-4-14(2)16-13-19(10-11-20-3)17(12-18-16)15-8-6-5-7-9-15/h14-18H,4-13H2,1-3H3. The Morgan fingerprint density at radius 3 is 2.65 bits per heavy atom. The zero-order valence-electron chi connectivity index (χ0n) is 13.7. The minimum Gasteiger partial charge on any atom is -0.383 e. The second-order valence-corrected chi connectivity index (χ2v) is 6.85. The molecule has 0 bridgehead atoms. The molecule has 3 heteroatoms. The molecule has 0 aromatic rings. The summed E-state index contributed by atoms with van der Waals surface area (Å²) in [6.07, 6.45) is 8.46. The molecule has 1 N–H and O–H groups in total. The van der Waals surface area contributed by atoms with E-state index in [0.717, 1.165) is 31.0 Å². The van der Waals surface area contributed by atoms with E-state index in [1.54, 1.807) is 0 Å². The fourth-order valence-corrected chi connectivity index (χ4v) is 3.97. The zero-order chi connectivity index (χ0) is 14.4. The van der Waals surface area contributed by atoms with E-state index in [4.69, 9.17) is 4.74 Å². The van der Waals surface area contributed by atoms with E-state index in [1.807, 2.05) is 7.11 Å². The van der Waals surface area contributed by atoms with Gasteiger partial charge < -0.3 is 10.1 Å². The first kappa shape index (κ1) is 16.3. The third kappa shape index (κ3) is 4.19. The van der Waals surface area contributed by atoms with Crippen molar-refractivity contribution in [1.29, 1.82) is 0 Å². The maximum atomic E-state index is 5.34. The number of nitrogens with zero attached hydrogens (tertiary/aromatic N) is 1. The number of ether oxygens (including phenoxy) is 1. The Bertz CT molecular complexity index is 266. The summed E-state index contributed by atoms with van der Waals surface area (Å²) in [5, 5.41) is 3.84. The highest BCUT2D eigenvalue weighted by Crippen LogP contribution is 2.30. The highest BCUT2D eigenvalue weighted by Gasteiger charge is 2.34. The van der Waals surface area contributed by atoms with Gasteiger partial charge >= 0.3 is 0 Å². The lowest BCUT2D eigenvalue weighted by atomic mass is 9.81. The van der Waals surface area contributed by atoms with Crippen LogP contribution in [-0.2, 0) is 4.74 Å². The predicted octanol–water partition coefficient (Wildman–Crippen LogP) is 2.90. The van der Waals surface area contributed by atoms with Crippen molar-refractivity contribution in [2.24, 2.45) is 11.8 Å². The lowest BCUT2D eigenvalue weighted by molar-refractivity contribution is 0.0381. The van der Waals surface area contributed by atoms with Gasteiger partial charge in [-0.2, -0.15) is 0 Å². The van der Waals surface area contributed by atoms with E-state index in [0.29, 0.717) is 6.04 Å². The molecule has 3 unspecified atom stereocenters. The molecule has 0 aromatic heterocycles. The van der Waals surface area contributed by atoms with Crippen LogP contribution in [0.2, 0.25) is 0 Å². The van der Waals surface area contributed by atoms with Gasteiger partial charge in [-0.3, -0.25) is 4.90 Å². The third-order valence-electron chi connectivity index (χ3n) is 5.60. The summed E-state index contributed by atoms with van der Waals surface area (Å²) in [4.78, 5) is 2.73. The molecule has 3 nitrogen and oxygen atoms in total. The first-order valence-corrected chi connectivity index (χ1v) is 8.72. The van der Waals surface area contributed by atoms with Crippen LogP contribution < -0.4 is 5.32 Å².